The summed E-state index contributed by atoms with van der Waals surface area (Å²) >= 11 is 6.15. The predicted molar refractivity (Wildman–Crippen MR) is 78.5 cm³/mol. The fourth-order valence-corrected chi connectivity index (χ4v) is 2.46. The van der Waals surface area contributed by atoms with Gasteiger partial charge in [0.15, 0.2) is 5.75 Å². The van der Waals surface area contributed by atoms with Gasteiger partial charge >= 0.3 is 11.7 Å². The minimum atomic E-state index is -1.01. The lowest BCUT2D eigenvalue weighted by atomic mass is 10.0. The number of aromatic hydroxyl groups is 1. The molecule has 0 heterocycles. The quantitative estimate of drug-likeness (QED) is 0.436. The number of phenolic OH excluding ortho intramolecular Hbond substituents is 1. The summed E-state index contributed by atoms with van der Waals surface area (Å²) in [5, 5.41) is 20.9. The van der Waals surface area contributed by atoms with Crippen LogP contribution in [-0.4, -0.2) is 28.6 Å². The number of phenols is 1. The molecule has 0 aliphatic heterocycles. The lowest BCUT2D eigenvalue weighted by Crippen LogP contribution is -2.34. The molecule has 1 atom stereocenters. The molecule has 110 valence electrons. The standard InChI is InChI=1S/C11H12Br2N2O5/c1-2-20-11(17)7(14)4-5-3-6(12)8(13)9(10(5)16)15(18)19/h3,7,16H,2,4,14H2,1H3. The lowest BCUT2D eigenvalue weighted by molar-refractivity contribution is -0.386. The Balaban J connectivity index is 3.14. The fourth-order valence-electron chi connectivity index (χ4n) is 1.55. The first kappa shape index (κ1) is 16.9. The summed E-state index contributed by atoms with van der Waals surface area (Å²) in [6, 6.07) is 0.458. The number of nitrogens with two attached hydrogens (primary N) is 1. The maximum absolute atomic E-state index is 11.4. The van der Waals surface area contributed by atoms with Gasteiger partial charge in [-0.25, -0.2) is 0 Å². The van der Waals surface area contributed by atoms with Gasteiger partial charge in [-0.05, 0) is 44.8 Å². The van der Waals surface area contributed by atoms with Gasteiger partial charge in [0, 0.05) is 16.5 Å². The largest absolute Gasteiger partial charge is 0.502 e. The number of halogens is 2. The van der Waals surface area contributed by atoms with Gasteiger partial charge in [-0.1, -0.05) is 0 Å². The van der Waals surface area contributed by atoms with Crippen molar-refractivity contribution >= 4 is 43.5 Å². The number of ether oxygens (including phenoxy) is 1. The molecule has 0 saturated heterocycles. The van der Waals surface area contributed by atoms with Gasteiger partial charge < -0.3 is 15.6 Å². The van der Waals surface area contributed by atoms with Crippen molar-refractivity contribution in [3.8, 4) is 5.75 Å². The number of carbonyl (C=O) groups excluding carboxylic acids is 1. The van der Waals surface area contributed by atoms with Crippen molar-refractivity contribution in [3.63, 3.8) is 0 Å². The van der Waals surface area contributed by atoms with Crippen molar-refractivity contribution in [2.75, 3.05) is 6.61 Å². The Kier molecular flexibility index (Phi) is 5.90. The minimum absolute atomic E-state index is 0.0720. The number of nitrogens with zero attached hydrogens (tertiary/aromatic N) is 1. The molecule has 1 aromatic rings. The van der Waals surface area contributed by atoms with Crippen molar-refractivity contribution < 1.29 is 19.6 Å². The normalized spacial score (nSPS) is 12.0. The number of esters is 1. The van der Waals surface area contributed by atoms with Crippen LogP contribution < -0.4 is 5.73 Å². The molecule has 1 aromatic carbocycles. The second-order valence-electron chi connectivity index (χ2n) is 3.85. The first-order valence-electron chi connectivity index (χ1n) is 5.56. The van der Waals surface area contributed by atoms with Crippen LogP contribution in [0.5, 0.6) is 5.75 Å². The van der Waals surface area contributed by atoms with E-state index >= 15 is 0 Å². The molecule has 3 N–H and O–H groups in total. The Morgan fingerprint density at radius 2 is 2.20 bits per heavy atom. The molecule has 0 spiro atoms. The topological polar surface area (TPSA) is 116 Å². The van der Waals surface area contributed by atoms with E-state index in [1.54, 1.807) is 6.92 Å². The Hall–Kier alpha value is -1.19. The molecule has 0 radical (unpaired) electrons. The van der Waals surface area contributed by atoms with Crippen LogP contribution in [0.1, 0.15) is 12.5 Å². The molecule has 0 aromatic heterocycles. The van der Waals surface area contributed by atoms with E-state index in [0.717, 1.165) is 0 Å². The summed E-state index contributed by atoms with van der Waals surface area (Å²) in [6.45, 7) is 1.83. The van der Waals surface area contributed by atoms with E-state index in [2.05, 4.69) is 31.9 Å². The average Bonchev–Trinajstić information content (AvgIpc) is 2.35. The van der Waals surface area contributed by atoms with Gasteiger partial charge in [0.25, 0.3) is 0 Å². The Bertz CT molecular complexity index is 550. The van der Waals surface area contributed by atoms with Crippen LogP contribution in [0.2, 0.25) is 0 Å². The second-order valence-corrected chi connectivity index (χ2v) is 5.50. The molecule has 1 unspecified atom stereocenters. The monoisotopic (exact) mass is 410 g/mol. The summed E-state index contributed by atoms with van der Waals surface area (Å²) in [6.07, 6.45) is -0.0720. The van der Waals surface area contributed by atoms with Crippen molar-refractivity contribution in [2.45, 2.75) is 19.4 Å². The highest BCUT2D eigenvalue weighted by molar-refractivity contribution is 9.13. The van der Waals surface area contributed by atoms with Crippen LogP contribution in [0.4, 0.5) is 5.69 Å². The SMILES string of the molecule is CCOC(=O)C(N)Cc1cc(Br)c(Br)c([N+](=O)[O-])c1O. The Morgan fingerprint density at radius 3 is 2.70 bits per heavy atom. The van der Waals surface area contributed by atoms with Gasteiger partial charge in [-0.15, -0.1) is 0 Å². The first-order valence-corrected chi connectivity index (χ1v) is 7.14. The average molecular weight is 412 g/mol. The smallest absolute Gasteiger partial charge is 0.326 e. The third-order valence-corrected chi connectivity index (χ3v) is 4.42. The van der Waals surface area contributed by atoms with Crippen LogP contribution in [0.25, 0.3) is 0 Å². The zero-order valence-electron chi connectivity index (χ0n) is 10.4. The summed E-state index contributed by atoms with van der Waals surface area (Å²) in [5.41, 5.74) is 5.34. The molecule has 9 heteroatoms. The molecular weight excluding hydrogens is 400 g/mol. The Labute approximate surface area is 131 Å². The first-order chi connectivity index (χ1) is 9.29. The molecule has 1 rings (SSSR count). The van der Waals surface area contributed by atoms with E-state index in [1.165, 1.54) is 6.07 Å². The van der Waals surface area contributed by atoms with Crippen LogP contribution >= 0.6 is 31.9 Å². The third kappa shape index (κ3) is 3.68. The number of benzene rings is 1. The lowest BCUT2D eigenvalue weighted by Gasteiger charge is -2.13. The fraction of sp³-hybridized carbons (Fsp3) is 0.364. The van der Waals surface area contributed by atoms with Gasteiger partial charge in [-0.2, -0.15) is 0 Å². The molecule has 0 amide bonds. The van der Waals surface area contributed by atoms with E-state index in [0.29, 0.717) is 4.47 Å². The molecule has 0 aliphatic carbocycles. The Morgan fingerprint density at radius 1 is 1.60 bits per heavy atom. The predicted octanol–water partition coefficient (Wildman–Crippen LogP) is 2.26. The number of nitro groups is 1. The molecule has 0 aliphatic rings. The molecule has 20 heavy (non-hydrogen) atoms. The maximum atomic E-state index is 11.4. The highest BCUT2D eigenvalue weighted by Crippen LogP contribution is 2.42. The molecular formula is C11H12Br2N2O5. The zero-order chi connectivity index (χ0) is 15.4. The number of nitro benzene ring substituents is 1. The molecule has 7 nitrogen and oxygen atoms in total. The van der Waals surface area contributed by atoms with Crippen molar-refractivity contribution in [2.24, 2.45) is 5.73 Å². The minimum Gasteiger partial charge on any atom is -0.502 e. The van der Waals surface area contributed by atoms with E-state index in [-0.39, 0.29) is 23.1 Å². The van der Waals surface area contributed by atoms with E-state index < -0.39 is 28.4 Å². The van der Waals surface area contributed by atoms with Crippen LogP contribution in [-0.2, 0) is 16.0 Å². The highest BCUT2D eigenvalue weighted by atomic mass is 79.9. The van der Waals surface area contributed by atoms with Gasteiger partial charge in [0.2, 0.25) is 0 Å². The number of rotatable bonds is 5. The summed E-state index contributed by atoms with van der Waals surface area (Å²) in [4.78, 5) is 21.7. The van der Waals surface area contributed by atoms with E-state index in [9.17, 15) is 20.0 Å². The summed E-state index contributed by atoms with van der Waals surface area (Å²) in [7, 11) is 0. The maximum Gasteiger partial charge on any atom is 0.326 e. The van der Waals surface area contributed by atoms with Crippen molar-refractivity contribution in [1.82, 2.24) is 0 Å². The molecule has 0 bridgehead atoms. The number of hydrogen-bond acceptors (Lipinski definition) is 6. The van der Waals surface area contributed by atoms with Crippen LogP contribution in [0.15, 0.2) is 15.0 Å². The molecule has 0 fully saturated rings. The second kappa shape index (κ2) is 7.00. The number of carbonyl (C=O) groups is 1. The number of hydrogen-bond donors (Lipinski definition) is 2. The van der Waals surface area contributed by atoms with Crippen molar-refractivity contribution in [3.05, 3.63) is 30.7 Å². The van der Waals surface area contributed by atoms with Gasteiger partial charge in [0.05, 0.1) is 11.5 Å². The van der Waals surface area contributed by atoms with E-state index in [4.69, 9.17) is 10.5 Å². The zero-order valence-corrected chi connectivity index (χ0v) is 13.6. The molecule has 0 saturated carbocycles. The highest BCUT2D eigenvalue weighted by Gasteiger charge is 2.26. The third-order valence-electron chi connectivity index (χ3n) is 2.46. The van der Waals surface area contributed by atoms with Gasteiger partial charge in [-0.3, -0.25) is 14.9 Å². The summed E-state index contributed by atoms with van der Waals surface area (Å²) in [5.74, 6) is -1.15. The van der Waals surface area contributed by atoms with Gasteiger partial charge in [0.1, 0.15) is 10.5 Å². The van der Waals surface area contributed by atoms with Crippen LogP contribution in [0, 0.1) is 10.1 Å². The van der Waals surface area contributed by atoms with Crippen LogP contribution in [0.3, 0.4) is 0 Å². The van der Waals surface area contributed by atoms with E-state index in [1.807, 2.05) is 0 Å². The summed E-state index contributed by atoms with van der Waals surface area (Å²) < 4.78 is 5.25. The van der Waals surface area contributed by atoms with Crippen molar-refractivity contribution in [1.29, 1.82) is 0 Å².